The number of rotatable bonds is 3. The predicted molar refractivity (Wildman–Crippen MR) is 201 cm³/mol. The summed E-state index contributed by atoms with van der Waals surface area (Å²) in [5, 5.41) is 4.94. The largest absolute Gasteiger partial charge is 0.380 e. The second-order valence-electron chi connectivity index (χ2n) is 14.5. The van der Waals surface area contributed by atoms with Gasteiger partial charge in [0.2, 0.25) is 0 Å². The Hall–Kier alpha value is -5.48. The molecule has 2 aromatic heterocycles. The van der Waals surface area contributed by atoms with Gasteiger partial charge >= 0.3 is 0 Å². The van der Waals surface area contributed by atoms with Crippen molar-refractivity contribution in [2.75, 3.05) is 6.54 Å². The van der Waals surface area contributed by atoms with Crippen molar-refractivity contribution in [2.24, 2.45) is 16.8 Å². The normalized spacial score (nSPS) is 23.6. The third kappa shape index (κ3) is 3.86. The van der Waals surface area contributed by atoms with Crippen LogP contribution in [0.5, 0.6) is 0 Å². The second-order valence-corrected chi connectivity index (χ2v) is 14.5. The maximum Gasteiger partial charge on any atom is 0.0982 e. The summed E-state index contributed by atoms with van der Waals surface area (Å²) in [6, 6.07) is 33.6. The van der Waals surface area contributed by atoms with Gasteiger partial charge in [-0.3, -0.25) is 9.98 Å². The number of allylic oxidation sites excluding steroid dienone is 7. The van der Waals surface area contributed by atoms with Gasteiger partial charge in [0, 0.05) is 41.9 Å². The van der Waals surface area contributed by atoms with Crippen LogP contribution in [0.15, 0.2) is 156 Å². The number of dihydropyridines is 2. The molecule has 10 rings (SSSR count). The van der Waals surface area contributed by atoms with E-state index in [1.165, 1.54) is 50.1 Å². The van der Waals surface area contributed by atoms with Crippen molar-refractivity contribution in [1.82, 2.24) is 14.9 Å². The number of aromatic nitrogens is 2. The van der Waals surface area contributed by atoms with Crippen LogP contribution in [0.2, 0.25) is 0 Å². The fourth-order valence-corrected chi connectivity index (χ4v) is 9.83. The summed E-state index contributed by atoms with van der Waals surface area (Å²) >= 11 is 0. The lowest BCUT2D eigenvalue weighted by atomic mass is 9.49. The minimum Gasteiger partial charge on any atom is -0.380 e. The number of fused-ring (bicyclic) bond motifs is 11. The molecule has 2 aliphatic heterocycles. The van der Waals surface area contributed by atoms with Crippen LogP contribution in [0.3, 0.4) is 0 Å². The van der Waals surface area contributed by atoms with Gasteiger partial charge in [-0.05, 0) is 69.5 Å². The standard InChI is InChI=1S/C45H38N4/c1-44(2)35-20-8-9-21-36(35)45(33-18-6-3-15-30(33)31-16-4-7-19-34(31)45)43-42(44)32-17-5-10-24-41(32)49(43)29-27-39(37-22-11-13-25-46-37)48-40(28-29)38-23-12-14-26-47-38/h3-25,28,35-36,39,47H,26-27H2,1-2H3. The highest BCUT2D eigenvalue weighted by atomic mass is 15.1. The topological polar surface area (TPSA) is 42.2 Å². The fraction of sp³-hybridized carbons (Fsp3) is 0.200. The van der Waals surface area contributed by atoms with Gasteiger partial charge in [-0.15, -0.1) is 0 Å². The molecular formula is C45H38N4. The zero-order valence-electron chi connectivity index (χ0n) is 27.8. The molecule has 238 valence electrons. The Morgan fingerprint density at radius 2 is 1.49 bits per heavy atom. The highest BCUT2D eigenvalue weighted by Crippen LogP contribution is 2.67. The van der Waals surface area contributed by atoms with Crippen LogP contribution in [-0.2, 0) is 10.8 Å². The first-order valence-corrected chi connectivity index (χ1v) is 17.6. The summed E-state index contributed by atoms with van der Waals surface area (Å²) in [5.74, 6) is 0.537. The first-order valence-electron chi connectivity index (χ1n) is 17.6. The molecule has 0 radical (unpaired) electrons. The quantitative estimate of drug-likeness (QED) is 0.215. The van der Waals surface area contributed by atoms with E-state index >= 15 is 0 Å². The van der Waals surface area contributed by atoms with Crippen LogP contribution in [0.25, 0.3) is 27.7 Å². The van der Waals surface area contributed by atoms with Gasteiger partial charge < -0.3 is 9.88 Å². The number of nitrogens with one attached hydrogen (secondary N) is 1. The van der Waals surface area contributed by atoms with Gasteiger partial charge in [0.1, 0.15) is 0 Å². The summed E-state index contributed by atoms with van der Waals surface area (Å²) in [4.78, 5) is 10.2. The molecule has 1 N–H and O–H groups in total. The fourth-order valence-electron chi connectivity index (χ4n) is 9.83. The van der Waals surface area contributed by atoms with Crippen LogP contribution < -0.4 is 5.32 Å². The molecule has 0 bridgehead atoms. The van der Waals surface area contributed by atoms with E-state index in [0.29, 0.717) is 5.92 Å². The molecule has 1 spiro atoms. The molecule has 4 nitrogen and oxygen atoms in total. The minimum atomic E-state index is -0.399. The maximum atomic E-state index is 5.36. The van der Waals surface area contributed by atoms with E-state index in [9.17, 15) is 0 Å². The van der Waals surface area contributed by atoms with E-state index in [4.69, 9.17) is 9.98 Å². The maximum absolute atomic E-state index is 5.36. The molecule has 3 unspecified atom stereocenters. The van der Waals surface area contributed by atoms with Crippen LogP contribution in [0.4, 0.5) is 0 Å². The number of nitrogens with zero attached hydrogens (tertiary/aromatic N) is 3. The number of hydrogen-bond donors (Lipinski definition) is 1. The summed E-state index contributed by atoms with van der Waals surface area (Å²) in [7, 11) is 0. The SMILES string of the molecule is CC1(C)c2c(n(C3=CC(C4=CC=CCN4)=NC(c4ccccn4)C3)c3ccccc23)C2(c3ccccc3-c3ccccc32)C2C=CC=CC21. The van der Waals surface area contributed by atoms with E-state index in [1.807, 2.05) is 12.3 Å². The van der Waals surface area contributed by atoms with Crippen molar-refractivity contribution in [3.05, 3.63) is 180 Å². The zero-order valence-corrected chi connectivity index (χ0v) is 27.8. The average Bonchev–Trinajstić information content (AvgIpc) is 3.67. The molecule has 3 aromatic carbocycles. The third-order valence-electron chi connectivity index (χ3n) is 11.8. The van der Waals surface area contributed by atoms with E-state index < -0.39 is 5.41 Å². The van der Waals surface area contributed by atoms with Gasteiger partial charge in [-0.1, -0.05) is 123 Å². The lowest BCUT2D eigenvalue weighted by Gasteiger charge is -2.54. The first-order chi connectivity index (χ1) is 24.1. The van der Waals surface area contributed by atoms with E-state index in [2.05, 4.69) is 157 Å². The Balaban J connectivity index is 1.35. The molecule has 0 saturated heterocycles. The van der Waals surface area contributed by atoms with Gasteiger partial charge in [0.15, 0.2) is 0 Å². The van der Waals surface area contributed by atoms with E-state index in [0.717, 1.165) is 30.1 Å². The minimum absolute atomic E-state index is 0.109. The van der Waals surface area contributed by atoms with Crippen LogP contribution >= 0.6 is 0 Å². The molecule has 5 aliphatic rings. The molecular weight excluding hydrogens is 597 g/mol. The number of para-hydroxylation sites is 1. The van der Waals surface area contributed by atoms with Gasteiger partial charge in [-0.25, -0.2) is 0 Å². The molecule has 49 heavy (non-hydrogen) atoms. The van der Waals surface area contributed by atoms with Gasteiger partial charge in [-0.2, -0.15) is 0 Å². The molecule has 3 aliphatic carbocycles. The van der Waals surface area contributed by atoms with E-state index in [1.54, 1.807) is 0 Å². The summed E-state index contributed by atoms with van der Waals surface area (Å²) < 4.78 is 2.66. The number of benzene rings is 3. The van der Waals surface area contributed by atoms with Crippen LogP contribution in [0.1, 0.15) is 54.4 Å². The smallest absolute Gasteiger partial charge is 0.0982 e. The highest BCUT2D eigenvalue weighted by Gasteiger charge is 2.61. The second kappa shape index (κ2) is 10.5. The van der Waals surface area contributed by atoms with Crippen LogP contribution in [-0.4, -0.2) is 21.8 Å². The molecule has 4 heteroatoms. The van der Waals surface area contributed by atoms with Gasteiger partial charge in [0.05, 0.1) is 34.1 Å². The Labute approximate surface area is 287 Å². The Kier molecular flexibility index (Phi) is 6.12. The summed E-state index contributed by atoms with van der Waals surface area (Å²) in [6.45, 7) is 5.74. The van der Waals surface area contributed by atoms with Crippen molar-refractivity contribution in [2.45, 2.75) is 37.1 Å². The summed E-state index contributed by atoms with van der Waals surface area (Å²) in [6.07, 6.45) is 21.0. The van der Waals surface area contributed by atoms with Crippen molar-refractivity contribution >= 4 is 22.3 Å². The molecule has 0 saturated carbocycles. The number of hydrogen-bond acceptors (Lipinski definition) is 3. The third-order valence-corrected chi connectivity index (χ3v) is 11.8. The van der Waals surface area contributed by atoms with Crippen LogP contribution in [0, 0.1) is 11.8 Å². The Morgan fingerprint density at radius 1 is 0.776 bits per heavy atom. The van der Waals surface area contributed by atoms with Crippen molar-refractivity contribution < 1.29 is 0 Å². The monoisotopic (exact) mass is 634 g/mol. The van der Waals surface area contributed by atoms with Gasteiger partial charge in [0.25, 0.3) is 0 Å². The Morgan fingerprint density at radius 3 is 2.22 bits per heavy atom. The predicted octanol–water partition coefficient (Wildman–Crippen LogP) is 9.47. The summed E-state index contributed by atoms with van der Waals surface area (Å²) in [5.41, 5.74) is 13.3. The average molecular weight is 635 g/mol. The first kappa shape index (κ1) is 28.5. The number of pyridine rings is 1. The van der Waals surface area contributed by atoms with E-state index in [-0.39, 0.29) is 17.4 Å². The molecule has 5 aromatic rings. The van der Waals surface area contributed by atoms with Crippen molar-refractivity contribution in [3.8, 4) is 11.1 Å². The lowest BCUT2D eigenvalue weighted by molar-refractivity contribution is 0.215. The highest BCUT2D eigenvalue weighted by molar-refractivity contribution is 6.12. The molecule has 0 amide bonds. The number of aliphatic imine (C=N–C) groups is 1. The van der Waals surface area contributed by atoms with Crippen molar-refractivity contribution in [1.29, 1.82) is 0 Å². The molecule has 3 atom stereocenters. The molecule has 0 fully saturated rings. The van der Waals surface area contributed by atoms with Crippen molar-refractivity contribution in [3.63, 3.8) is 0 Å². The molecule has 4 heterocycles. The zero-order chi connectivity index (χ0) is 32.7. The lowest BCUT2D eigenvalue weighted by Crippen LogP contribution is -2.52. The Bertz CT molecular complexity index is 2310.